The summed E-state index contributed by atoms with van der Waals surface area (Å²) in [6, 6.07) is 8.06. The van der Waals surface area contributed by atoms with Gasteiger partial charge in [0.25, 0.3) is 5.56 Å². The molecule has 3 rings (SSSR count). The van der Waals surface area contributed by atoms with Crippen LogP contribution in [0.1, 0.15) is 11.1 Å². The molecule has 1 aromatic carbocycles. The Hall–Kier alpha value is -1.66. The van der Waals surface area contributed by atoms with Crippen molar-refractivity contribution in [3.05, 3.63) is 62.6 Å². The van der Waals surface area contributed by atoms with Crippen LogP contribution in [0.15, 0.2) is 51.1 Å². The molecule has 6 heteroatoms. The molecule has 0 saturated carbocycles. The number of hydrogen-bond acceptors (Lipinski definition) is 4. The number of thioether (sulfide) groups is 1. The molecule has 4 nitrogen and oxygen atoms in total. The summed E-state index contributed by atoms with van der Waals surface area (Å²) in [4.78, 5) is 21.3. The standard InChI is InChI=1S/C16H14BrN3OS/c1-10-5-3-4-6-11(10)8-20-9-13(17)14-12(15(20)21)7-18-16(19-14)22-2/h3-7,9H,8H2,1-2H3. The molecule has 0 fully saturated rings. The Kier molecular flexibility index (Phi) is 4.31. The van der Waals surface area contributed by atoms with Crippen LogP contribution in [0, 0.1) is 6.92 Å². The maximum Gasteiger partial charge on any atom is 0.261 e. The molecule has 2 aromatic heterocycles. The lowest BCUT2D eigenvalue weighted by Crippen LogP contribution is -2.21. The third kappa shape index (κ3) is 2.80. The first-order valence-corrected chi connectivity index (χ1v) is 8.76. The molecule has 0 aliphatic rings. The minimum Gasteiger partial charge on any atom is -0.309 e. The molecule has 0 saturated heterocycles. The molecule has 0 spiro atoms. The van der Waals surface area contributed by atoms with Crippen molar-refractivity contribution in [3.8, 4) is 0 Å². The minimum atomic E-state index is -0.0749. The lowest BCUT2D eigenvalue weighted by Gasteiger charge is -2.11. The van der Waals surface area contributed by atoms with Crippen LogP contribution in [-0.4, -0.2) is 20.8 Å². The van der Waals surface area contributed by atoms with Gasteiger partial charge < -0.3 is 4.57 Å². The summed E-state index contributed by atoms with van der Waals surface area (Å²) >= 11 is 4.97. The Morgan fingerprint density at radius 1 is 1.32 bits per heavy atom. The molecule has 0 atom stereocenters. The fourth-order valence-corrected chi connectivity index (χ4v) is 3.19. The molecule has 0 unspecified atom stereocenters. The zero-order chi connectivity index (χ0) is 15.7. The van der Waals surface area contributed by atoms with Gasteiger partial charge in [0.1, 0.15) is 0 Å². The van der Waals surface area contributed by atoms with E-state index in [4.69, 9.17) is 0 Å². The van der Waals surface area contributed by atoms with Crippen molar-refractivity contribution < 1.29 is 0 Å². The summed E-state index contributed by atoms with van der Waals surface area (Å²) in [6.45, 7) is 2.58. The Morgan fingerprint density at radius 2 is 2.09 bits per heavy atom. The van der Waals surface area contributed by atoms with Gasteiger partial charge in [-0.05, 0) is 40.2 Å². The number of pyridine rings is 1. The molecule has 112 valence electrons. The number of fused-ring (bicyclic) bond motifs is 1. The number of aryl methyl sites for hydroxylation is 1. The van der Waals surface area contributed by atoms with E-state index >= 15 is 0 Å². The van der Waals surface area contributed by atoms with Crippen molar-refractivity contribution in [2.75, 3.05) is 6.26 Å². The van der Waals surface area contributed by atoms with E-state index in [0.717, 1.165) is 10.0 Å². The van der Waals surface area contributed by atoms with Crippen LogP contribution in [0.2, 0.25) is 0 Å². The van der Waals surface area contributed by atoms with E-state index in [2.05, 4.69) is 25.9 Å². The topological polar surface area (TPSA) is 47.8 Å². The second-order valence-corrected chi connectivity index (χ2v) is 6.58. The number of nitrogens with zero attached hydrogens (tertiary/aromatic N) is 3. The van der Waals surface area contributed by atoms with Gasteiger partial charge in [-0.3, -0.25) is 4.79 Å². The highest BCUT2D eigenvalue weighted by molar-refractivity contribution is 9.10. The molecule has 22 heavy (non-hydrogen) atoms. The molecule has 2 heterocycles. The van der Waals surface area contributed by atoms with Crippen LogP contribution in [-0.2, 0) is 6.54 Å². The van der Waals surface area contributed by atoms with Crippen molar-refractivity contribution in [2.24, 2.45) is 0 Å². The highest BCUT2D eigenvalue weighted by atomic mass is 79.9. The first-order chi connectivity index (χ1) is 10.6. The molecular formula is C16H14BrN3OS. The van der Waals surface area contributed by atoms with E-state index in [1.165, 1.54) is 17.3 Å². The molecule has 0 bridgehead atoms. The summed E-state index contributed by atoms with van der Waals surface area (Å²) in [5, 5.41) is 1.19. The van der Waals surface area contributed by atoms with Gasteiger partial charge in [0, 0.05) is 12.4 Å². The van der Waals surface area contributed by atoms with E-state index < -0.39 is 0 Å². The predicted octanol–water partition coefficient (Wildman–Crippen LogP) is 3.63. The number of hydrogen-bond donors (Lipinski definition) is 0. The van der Waals surface area contributed by atoms with Crippen molar-refractivity contribution >= 4 is 38.6 Å². The van der Waals surface area contributed by atoms with Gasteiger partial charge >= 0.3 is 0 Å². The highest BCUT2D eigenvalue weighted by Gasteiger charge is 2.11. The molecular weight excluding hydrogens is 362 g/mol. The number of halogens is 1. The quantitative estimate of drug-likeness (QED) is 0.517. The van der Waals surface area contributed by atoms with E-state index in [0.29, 0.717) is 22.6 Å². The fraction of sp³-hybridized carbons (Fsp3) is 0.188. The van der Waals surface area contributed by atoms with Gasteiger partial charge in [-0.1, -0.05) is 36.0 Å². The van der Waals surface area contributed by atoms with E-state index in [-0.39, 0.29) is 5.56 Å². The molecule has 0 aliphatic carbocycles. The van der Waals surface area contributed by atoms with Gasteiger partial charge in [0.15, 0.2) is 5.16 Å². The third-order valence-electron chi connectivity index (χ3n) is 3.54. The second-order valence-electron chi connectivity index (χ2n) is 4.96. The molecule has 0 N–H and O–H groups in total. The zero-order valence-corrected chi connectivity index (χ0v) is 14.6. The summed E-state index contributed by atoms with van der Waals surface area (Å²) in [5.74, 6) is 0. The van der Waals surface area contributed by atoms with Gasteiger partial charge in [0.2, 0.25) is 0 Å². The van der Waals surface area contributed by atoms with Gasteiger partial charge in [-0.2, -0.15) is 0 Å². The minimum absolute atomic E-state index is 0.0749. The normalized spacial score (nSPS) is 11.0. The lowest BCUT2D eigenvalue weighted by atomic mass is 10.1. The third-order valence-corrected chi connectivity index (χ3v) is 4.68. The Labute approximate surface area is 140 Å². The van der Waals surface area contributed by atoms with Crippen LogP contribution in [0.3, 0.4) is 0 Å². The van der Waals surface area contributed by atoms with E-state index in [1.807, 2.05) is 37.4 Å². The monoisotopic (exact) mass is 375 g/mol. The van der Waals surface area contributed by atoms with Crippen LogP contribution in [0.25, 0.3) is 10.9 Å². The first-order valence-electron chi connectivity index (χ1n) is 6.74. The summed E-state index contributed by atoms with van der Waals surface area (Å²) in [7, 11) is 0. The summed E-state index contributed by atoms with van der Waals surface area (Å²) < 4.78 is 2.49. The van der Waals surface area contributed by atoms with Gasteiger partial charge in [-0.25, -0.2) is 9.97 Å². The number of rotatable bonds is 3. The Morgan fingerprint density at radius 3 is 2.82 bits per heavy atom. The zero-order valence-electron chi connectivity index (χ0n) is 12.2. The van der Waals surface area contributed by atoms with Crippen molar-refractivity contribution in [1.82, 2.24) is 14.5 Å². The van der Waals surface area contributed by atoms with Crippen LogP contribution >= 0.6 is 27.7 Å². The average Bonchev–Trinajstić information content (AvgIpc) is 2.54. The van der Waals surface area contributed by atoms with Crippen molar-refractivity contribution in [1.29, 1.82) is 0 Å². The highest BCUT2D eigenvalue weighted by Crippen LogP contribution is 2.21. The molecule has 0 aliphatic heterocycles. The summed E-state index contributed by atoms with van der Waals surface area (Å²) in [6.07, 6.45) is 5.32. The van der Waals surface area contributed by atoms with Gasteiger partial charge in [-0.15, -0.1) is 0 Å². The molecule has 0 radical (unpaired) electrons. The lowest BCUT2D eigenvalue weighted by molar-refractivity contribution is 0.758. The van der Waals surface area contributed by atoms with Crippen LogP contribution in [0.5, 0.6) is 0 Å². The van der Waals surface area contributed by atoms with Crippen LogP contribution in [0.4, 0.5) is 0 Å². The summed E-state index contributed by atoms with van der Waals surface area (Å²) in [5.41, 5.74) is 2.87. The first kappa shape index (κ1) is 15.2. The smallest absolute Gasteiger partial charge is 0.261 e. The Bertz CT molecular complexity index is 908. The van der Waals surface area contributed by atoms with E-state index in [9.17, 15) is 4.79 Å². The average molecular weight is 376 g/mol. The largest absolute Gasteiger partial charge is 0.309 e. The Balaban J connectivity index is 2.14. The van der Waals surface area contributed by atoms with E-state index in [1.54, 1.807) is 17.0 Å². The SMILES string of the molecule is CSc1ncc2c(=O)n(Cc3ccccc3C)cc(Br)c2n1. The maximum atomic E-state index is 12.7. The second kappa shape index (κ2) is 6.22. The number of benzene rings is 1. The van der Waals surface area contributed by atoms with Crippen LogP contribution < -0.4 is 5.56 Å². The van der Waals surface area contributed by atoms with Crippen molar-refractivity contribution in [2.45, 2.75) is 18.6 Å². The predicted molar refractivity (Wildman–Crippen MR) is 93.6 cm³/mol. The maximum absolute atomic E-state index is 12.7. The van der Waals surface area contributed by atoms with Gasteiger partial charge in [0.05, 0.1) is 21.9 Å². The number of aromatic nitrogens is 3. The molecule has 3 aromatic rings. The fourth-order valence-electron chi connectivity index (χ4n) is 2.30. The van der Waals surface area contributed by atoms with Crippen molar-refractivity contribution in [3.63, 3.8) is 0 Å². The molecule has 0 amide bonds.